The van der Waals surface area contributed by atoms with Crippen LogP contribution >= 0.6 is 11.8 Å². The highest BCUT2D eigenvalue weighted by Crippen LogP contribution is 2.44. The van der Waals surface area contributed by atoms with Crippen LogP contribution in [-0.4, -0.2) is 40.1 Å². The molecule has 196 valence electrons. The minimum atomic E-state index is -0.909. The molecule has 0 saturated heterocycles. The zero-order chi connectivity index (χ0) is 27.2. The van der Waals surface area contributed by atoms with E-state index in [1.807, 2.05) is 56.3 Å². The molecule has 1 aliphatic heterocycles. The Morgan fingerprint density at radius 2 is 1.76 bits per heavy atom. The first-order valence-electron chi connectivity index (χ1n) is 12.2. The summed E-state index contributed by atoms with van der Waals surface area (Å²) in [5.74, 6) is -0.986. The van der Waals surface area contributed by atoms with Crippen molar-refractivity contribution in [3.8, 4) is 0 Å². The van der Waals surface area contributed by atoms with Crippen LogP contribution in [0, 0.1) is 12.8 Å². The number of hydrogen-bond donors (Lipinski definition) is 3. The quantitative estimate of drug-likeness (QED) is 0.310. The number of carbonyl (C=O) groups is 4. The molecule has 1 aromatic heterocycles. The van der Waals surface area contributed by atoms with Gasteiger partial charge in [0.15, 0.2) is 6.29 Å². The molecule has 0 aliphatic carbocycles. The van der Waals surface area contributed by atoms with E-state index in [1.54, 1.807) is 30.5 Å². The third-order valence-electron chi connectivity index (χ3n) is 6.00. The minimum absolute atomic E-state index is 0.0857. The second kappa shape index (κ2) is 11.9. The van der Waals surface area contributed by atoms with Gasteiger partial charge in [-0.2, -0.15) is 0 Å². The first kappa shape index (κ1) is 26.9. The number of fused-ring (bicyclic) bond motifs is 1. The van der Waals surface area contributed by atoms with Crippen molar-refractivity contribution in [1.82, 2.24) is 26.1 Å². The summed E-state index contributed by atoms with van der Waals surface area (Å²) in [5, 5.41) is 5.80. The van der Waals surface area contributed by atoms with Gasteiger partial charge in [0.1, 0.15) is 17.1 Å². The number of nitrogens with zero attached hydrogens (tertiary/aromatic N) is 2. The number of benzene rings is 2. The highest BCUT2D eigenvalue weighted by molar-refractivity contribution is 8.02. The standard InChI is InChI=1S/C28H29N5O4S/c1-17(2)14-24(30-25(35)23-13-6-8-18(3)29-23)26(36)31-32-28(37)33-20(15-34)16-38-27(33)22-12-7-10-19-9-4-5-11-21(19)22/h4-13,15-17,24,27H,14H2,1-3H3,(H,30,35)(H,31,36)(H,32,37)/t24-,27?/m0/s1. The fourth-order valence-electron chi connectivity index (χ4n) is 4.24. The van der Waals surface area contributed by atoms with Crippen LogP contribution in [0.4, 0.5) is 4.79 Å². The molecule has 3 aromatic rings. The Morgan fingerprint density at radius 3 is 2.50 bits per heavy atom. The van der Waals surface area contributed by atoms with Crippen LogP contribution in [0.5, 0.6) is 0 Å². The summed E-state index contributed by atoms with van der Waals surface area (Å²) in [7, 11) is 0. The maximum absolute atomic E-state index is 13.3. The average molecular weight is 532 g/mol. The number of rotatable bonds is 7. The Bertz CT molecular complexity index is 1400. The van der Waals surface area contributed by atoms with Gasteiger partial charge in [0.25, 0.3) is 11.8 Å². The number of aldehydes is 1. The van der Waals surface area contributed by atoms with Crippen molar-refractivity contribution in [2.75, 3.05) is 0 Å². The molecule has 2 heterocycles. The third kappa shape index (κ3) is 6.03. The number of nitrogens with one attached hydrogen (secondary N) is 3. The lowest BCUT2D eigenvalue weighted by Crippen LogP contribution is -2.55. The number of amides is 4. The number of hydrogen-bond acceptors (Lipinski definition) is 6. The first-order valence-corrected chi connectivity index (χ1v) is 13.1. The van der Waals surface area contributed by atoms with Gasteiger partial charge in [-0.3, -0.25) is 24.7 Å². The van der Waals surface area contributed by atoms with Gasteiger partial charge in [0.05, 0.1) is 5.70 Å². The zero-order valence-electron chi connectivity index (χ0n) is 21.3. The zero-order valence-corrected chi connectivity index (χ0v) is 22.1. The summed E-state index contributed by atoms with van der Waals surface area (Å²) in [6.45, 7) is 5.62. The monoisotopic (exact) mass is 531 g/mol. The summed E-state index contributed by atoms with van der Waals surface area (Å²) in [6, 6.07) is 17.1. The molecule has 4 rings (SSSR count). The highest BCUT2D eigenvalue weighted by atomic mass is 32.2. The highest BCUT2D eigenvalue weighted by Gasteiger charge is 2.35. The predicted octanol–water partition coefficient (Wildman–Crippen LogP) is 4.22. The fourth-order valence-corrected chi connectivity index (χ4v) is 5.37. The van der Waals surface area contributed by atoms with Crippen LogP contribution in [0.3, 0.4) is 0 Å². The summed E-state index contributed by atoms with van der Waals surface area (Å²) < 4.78 is 0. The Kier molecular flexibility index (Phi) is 8.42. The van der Waals surface area contributed by atoms with E-state index in [4.69, 9.17) is 0 Å². The predicted molar refractivity (Wildman–Crippen MR) is 147 cm³/mol. The fraction of sp³-hybridized carbons (Fsp3) is 0.250. The van der Waals surface area contributed by atoms with Crippen molar-refractivity contribution < 1.29 is 19.2 Å². The Labute approximate surface area is 225 Å². The van der Waals surface area contributed by atoms with Gasteiger partial charge in [-0.15, -0.1) is 11.8 Å². The maximum atomic E-state index is 13.3. The molecule has 0 spiro atoms. The van der Waals surface area contributed by atoms with Crippen molar-refractivity contribution in [2.45, 2.75) is 38.6 Å². The van der Waals surface area contributed by atoms with Crippen LogP contribution in [0.15, 0.2) is 71.8 Å². The third-order valence-corrected chi connectivity index (χ3v) is 7.10. The smallest absolute Gasteiger partial charge is 0.339 e. The molecule has 0 radical (unpaired) electrons. The number of aromatic nitrogens is 1. The Morgan fingerprint density at radius 1 is 1.03 bits per heavy atom. The number of aryl methyl sites for hydroxylation is 1. The SMILES string of the molecule is Cc1cccc(C(=O)N[C@@H](CC(C)C)C(=O)NNC(=O)N2C(C=O)=CSC2c2cccc3ccccc23)n1. The number of urea groups is 1. The molecule has 1 unspecified atom stereocenters. The van der Waals surface area contributed by atoms with E-state index in [9.17, 15) is 19.2 Å². The molecule has 0 fully saturated rings. The van der Waals surface area contributed by atoms with Crippen LogP contribution in [0.1, 0.15) is 47.4 Å². The molecule has 10 heteroatoms. The number of thioether (sulfide) groups is 1. The van der Waals surface area contributed by atoms with E-state index >= 15 is 0 Å². The van der Waals surface area contributed by atoms with E-state index in [1.165, 1.54) is 16.7 Å². The van der Waals surface area contributed by atoms with Crippen molar-refractivity contribution >= 4 is 46.7 Å². The molecular formula is C28H29N5O4S. The molecule has 0 bridgehead atoms. The normalized spacial score (nSPS) is 15.6. The number of allylic oxidation sites excluding steroid dienone is 1. The summed E-state index contributed by atoms with van der Waals surface area (Å²) in [4.78, 5) is 56.3. The topological polar surface area (TPSA) is 121 Å². The number of hydrazine groups is 1. The summed E-state index contributed by atoms with van der Waals surface area (Å²) in [5.41, 5.74) is 6.75. The van der Waals surface area contributed by atoms with E-state index in [0.29, 0.717) is 18.4 Å². The largest absolute Gasteiger partial charge is 0.341 e. The van der Waals surface area contributed by atoms with Crippen molar-refractivity contribution in [1.29, 1.82) is 0 Å². The van der Waals surface area contributed by atoms with Crippen LogP contribution < -0.4 is 16.2 Å². The van der Waals surface area contributed by atoms with Gasteiger partial charge < -0.3 is 5.32 Å². The Hall–Kier alpha value is -4.18. The lowest BCUT2D eigenvalue weighted by atomic mass is 10.0. The van der Waals surface area contributed by atoms with Gasteiger partial charge in [0.2, 0.25) is 0 Å². The molecule has 0 saturated carbocycles. The molecule has 4 amide bonds. The second-order valence-corrected chi connectivity index (χ2v) is 10.3. The molecule has 9 nitrogen and oxygen atoms in total. The molecule has 3 N–H and O–H groups in total. The first-order chi connectivity index (χ1) is 18.3. The average Bonchev–Trinajstić information content (AvgIpc) is 3.34. The van der Waals surface area contributed by atoms with E-state index in [2.05, 4.69) is 21.2 Å². The van der Waals surface area contributed by atoms with Crippen molar-refractivity contribution in [2.24, 2.45) is 5.92 Å². The van der Waals surface area contributed by atoms with Crippen LogP contribution in [0.2, 0.25) is 0 Å². The van der Waals surface area contributed by atoms with Gasteiger partial charge in [0, 0.05) is 11.1 Å². The molecule has 38 heavy (non-hydrogen) atoms. The summed E-state index contributed by atoms with van der Waals surface area (Å²) >= 11 is 1.33. The number of carbonyl (C=O) groups excluding carboxylic acids is 4. The van der Waals surface area contributed by atoms with Gasteiger partial charge in [-0.05, 0) is 47.7 Å². The van der Waals surface area contributed by atoms with Crippen molar-refractivity contribution in [3.63, 3.8) is 0 Å². The summed E-state index contributed by atoms with van der Waals surface area (Å²) in [6.07, 6.45) is 0.952. The lowest BCUT2D eigenvalue weighted by Gasteiger charge is -2.27. The maximum Gasteiger partial charge on any atom is 0.341 e. The Balaban J connectivity index is 1.48. The molecule has 2 aromatic carbocycles. The molecular weight excluding hydrogens is 502 g/mol. The molecule has 2 atom stereocenters. The van der Waals surface area contributed by atoms with Gasteiger partial charge >= 0.3 is 6.03 Å². The lowest BCUT2D eigenvalue weighted by molar-refractivity contribution is -0.124. The van der Waals surface area contributed by atoms with Gasteiger partial charge in [-0.1, -0.05) is 62.4 Å². The van der Waals surface area contributed by atoms with Crippen LogP contribution in [0.25, 0.3) is 10.8 Å². The van der Waals surface area contributed by atoms with E-state index < -0.39 is 29.3 Å². The van der Waals surface area contributed by atoms with E-state index in [-0.39, 0.29) is 17.3 Å². The van der Waals surface area contributed by atoms with Gasteiger partial charge in [-0.25, -0.2) is 15.2 Å². The second-order valence-electron chi connectivity index (χ2n) is 9.33. The molecule has 1 aliphatic rings. The van der Waals surface area contributed by atoms with Crippen molar-refractivity contribution in [3.05, 3.63) is 88.7 Å². The van der Waals surface area contributed by atoms with Crippen LogP contribution in [-0.2, 0) is 9.59 Å². The number of pyridine rings is 1. The minimum Gasteiger partial charge on any atom is -0.339 e. The van der Waals surface area contributed by atoms with E-state index in [0.717, 1.165) is 16.3 Å².